The summed E-state index contributed by atoms with van der Waals surface area (Å²) in [5.74, 6) is 0.537. The second-order valence-corrected chi connectivity index (χ2v) is 3.82. The molecular weight excluding hydrogens is 219 g/mol. The first kappa shape index (κ1) is 11.6. The highest BCUT2D eigenvalue weighted by atomic mass is 35.5. The van der Waals surface area contributed by atoms with Gasteiger partial charge in [-0.25, -0.2) is 4.39 Å². The van der Waals surface area contributed by atoms with Crippen LogP contribution in [0.15, 0.2) is 18.2 Å². The van der Waals surface area contributed by atoms with Crippen LogP contribution in [0, 0.1) is 12.7 Å². The molecule has 0 N–H and O–H groups in total. The van der Waals surface area contributed by atoms with E-state index in [1.165, 1.54) is 6.07 Å². The third-order valence-corrected chi connectivity index (χ3v) is 2.70. The summed E-state index contributed by atoms with van der Waals surface area (Å²) in [6, 6.07) is 3.11. The Bertz CT molecular complexity index is 347. The summed E-state index contributed by atoms with van der Waals surface area (Å²) < 4.78 is 13.0. The molecule has 1 aromatic carbocycles. The van der Waals surface area contributed by atoms with Crippen LogP contribution in [0.3, 0.4) is 0 Å². The molecule has 0 amide bonds. The van der Waals surface area contributed by atoms with Gasteiger partial charge in [-0.2, -0.15) is 12.6 Å². The van der Waals surface area contributed by atoms with E-state index in [9.17, 15) is 4.39 Å². The minimum absolute atomic E-state index is 0.263. The Morgan fingerprint density at radius 2 is 2.21 bits per heavy atom. The Morgan fingerprint density at radius 1 is 1.50 bits per heavy atom. The fraction of sp³-hybridized carbons (Fsp3) is 0.273. The minimum atomic E-state index is -0.263. The molecule has 0 atom stereocenters. The molecule has 0 saturated heterocycles. The van der Waals surface area contributed by atoms with Crippen molar-refractivity contribution in [2.45, 2.75) is 13.3 Å². The predicted molar refractivity (Wildman–Crippen MR) is 63.7 cm³/mol. The van der Waals surface area contributed by atoms with Crippen molar-refractivity contribution in [3.63, 3.8) is 0 Å². The molecule has 0 heterocycles. The van der Waals surface area contributed by atoms with Crippen LogP contribution in [-0.4, -0.2) is 5.75 Å². The summed E-state index contributed by atoms with van der Waals surface area (Å²) in [4.78, 5) is 0. The molecule has 0 bridgehead atoms. The molecule has 0 fully saturated rings. The lowest BCUT2D eigenvalue weighted by Crippen LogP contribution is -1.86. The van der Waals surface area contributed by atoms with Gasteiger partial charge in [-0.15, -0.1) is 0 Å². The van der Waals surface area contributed by atoms with E-state index >= 15 is 0 Å². The predicted octanol–water partition coefficient (Wildman–Crippen LogP) is 4.12. The maximum absolute atomic E-state index is 13.0. The molecule has 14 heavy (non-hydrogen) atoms. The van der Waals surface area contributed by atoms with Crippen molar-refractivity contribution >= 4 is 30.3 Å². The number of benzene rings is 1. The van der Waals surface area contributed by atoms with Gasteiger partial charge in [0.2, 0.25) is 0 Å². The first-order chi connectivity index (χ1) is 6.66. The summed E-state index contributed by atoms with van der Waals surface area (Å²) in [5, 5.41) is 0.486. The van der Waals surface area contributed by atoms with Crippen molar-refractivity contribution in [2.75, 3.05) is 5.75 Å². The quantitative estimate of drug-likeness (QED) is 0.742. The molecule has 0 nitrogen and oxygen atoms in total. The van der Waals surface area contributed by atoms with Gasteiger partial charge in [-0.05, 0) is 30.7 Å². The van der Waals surface area contributed by atoms with E-state index in [-0.39, 0.29) is 5.82 Å². The number of allylic oxidation sites excluding steroid dienone is 1. The fourth-order valence-corrected chi connectivity index (χ4v) is 1.46. The summed E-state index contributed by atoms with van der Waals surface area (Å²) in [6.07, 6.45) is 4.76. The van der Waals surface area contributed by atoms with E-state index in [1.54, 1.807) is 13.0 Å². The maximum Gasteiger partial charge on any atom is 0.127 e. The van der Waals surface area contributed by atoms with Crippen LogP contribution >= 0.6 is 24.2 Å². The lowest BCUT2D eigenvalue weighted by molar-refractivity contribution is 0.618. The molecule has 0 aromatic heterocycles. The Hall–Kier alpha value is -0.470. The highest BCUT2D eigenvalue weighted by Gasteiger charge is 2.04. The van der Waals surface area contributed by atoms with Gasteiger partial charge < -0.3 is 0 Å². The Kier molecular flexibility index (Phi) is 4.49. The van der Waals surface area contributed by atoms with Crippen molar-refractivity contribution in [3.8, 4) is 0 Å². The molecule has 1 aromatic rings. The van der Waals surface area contributed by atoms with E-state index < -0.39 is 0 Å². The second kappa shape index (κ2) is 5.42. The minimum Gasteiger partial charge on any atom is -0.207 e. The number of halogens is 2. The van der Waals surface area contributed by atoms with Gasteiger partial charge in [0.1, 0.15) is 5.82 Å². The Balaban J connectivity index is 2.94. The van der Waals surface area contributed by atoms with Crippen molar-refractivity contribution in [3.05, 3.63) is 40.2 Å². The first-order valence-corrected chi connectivity index (χ1v) is 5.40. The monoisotopic (exact) mass is 230 g/mol. The van der Waals surface area contributed by atoms with Crippen LogP contribution < -0.4 is 0 Å². The zero-order chi connectivity index (χ0) is 10.6. The molecule has 0 radical (unpaired) electrons. The van der Waals surface area contributed by atoms with Gasteiger partial charge in [-0.1, -0.05) is 29.8 Å². The zero-order valence-corrected chi connectivity index (χ0v) is 9.58. The maximum atomic E-state index is 13.0. The third-order valence-electron chi connectivity index (χ3n) is 1.94. The molecule has 1 rings (SSSR count). The van der Waals surface area contributed by atoms with Crippen molar-refractivity contribution in [2.24, 2.45) is 0 Å². The molecule has 0 aliphatic rings. The molecule has 0 aliphatic carbocycles. The SMILES string of the molecule is Cc1c(F)ccc(C=CCCS)c1Cl. The largest absolute Gasteiger partial charge is 0.207 e. The van der Waals surface area contributed by atoms with Gasteiger partial charge >= 0.3 is 0 Å². The molecule has 76 valence electrons. The number of hydrogen-bond donors (Lipinski definition) is 1. The average Bonchev–Trinajstić information content (AvgIpc) is 2.18. The van der Waals surface area contributed by atoms with Crippen LogP contribution in [0.4, 0.5) is 4.39 Å². The third kappa shape index (κ3) is 2.76. The molecule has 0 saturated carbocycles. The first-order valence-electron chi connectivity index (χ1n) is 4.39. The van der Waals surface area contributed by atoms with E-state index in [0.29, 0.717) is 10.6 Å². The van der Waals surface area contributed by atoms with Crippen LogP contribution in [0.2, 0.25) is 5.02 Å². The van der Waals surface area contributed by atoms with Crippen molar-refractivity contribution < 1.29 is 4.39 Å². The second-order valence-electron chi connectivity index (χ2n) is 2.99. The van der Waals surface area contributed by atoms with Gasteiger partial charge in [0.05, 0.1) is 5.02 Å². The molecule has 0 spiro atoms. The molecular formula is C11H12ClFS. The van der Waals surface area contributed by atoms with E-state index in [1.807, 2.05) is 12.2 Å². The van der Waals surface area contributed by atoms with Gasteiger partial charge in [-0.3, -0.25) is 0 Å². The number of rotatable bonds is 3. The van der Waals surface area contributed by atoms with E-state index in [0.717, 1.165) is 17.7 Å². The summed E-state index contributed by atoms with van der Waals surface area (Å²) in [6.45, 7) is 1.67. The zero-order valence-electron chi connectivity index (χ0n) is 7.93. The van der Waals surface area contributed by atoms with Crippen LogP contribution in [-0.2, 0) is 0 Å². The number of hydrogen-bond acceptors (Lipinski definition) is 1. The lowest BCUT2D eigenvalue weighted by Gasteiger charge is -2.03. The van der Waals surface area contributed by atoms with E-state index in [4.69, 9.17) is 11.6 Å². The van der Waals surface area contributed by atoms with Gasteiger partial charge in [0.15, 0.2) is 0 Å². The average molecular weight is 231 g/mol. The highest BCUT2D eigenvalue weighted by molar-refractivity contribution is 7.80. The van der Waals surface area contributed by atoms with Gasteiger partial charge in [0.25, 0.3) is 0 Å². The molecule has 0 aliphatic heterocycles. The number of thiol groups is 1. The highest BCUT2D eigenvalue weighted by Crippen LogP contribution is 2.24. The van der Waals surface area contributed by atoms with Gasteiger partial charge in [0, 0.05) is 5.56 Å². The molecule has 3 heteroatoms. The summed E-state index contributed by atoms with van der Waals surface area (Å²) in [7, 11) is 0. The van der Waals surface area contributed by atoms with Crippen LogP contribution in [0.5, 0.6) is 0 Å². The normalized spacial score (nSPS) is 11.1. The molecule has 0 unspecified atom stereocenters. The van der Waals surface area contributed by atoms with Crippen molar-refractivity contribution in [1.29, 1.82) is 0 Å². The summed E-state index contributed by atoms with van der Waals surface area (Å²) >= 11 is 10.1. The smallest absolute Gasteiger partial charge is 0.127 e. The lowest BCUT2D eigenvalue weighted by atomic mass is 10.1. The topological polar surface area (TPSA) is 0 Å². The fourth-order valence-electron chi connectivity index (χ4n) is 1.10. The van der Waals surface area contributed by atoms with Crippen LogP contribution in [0.25, 0.3) is 6.08 Å². The summed E-state index contributed by atoms with van der Waals surface area (Å²) in [5.41, 5.74) is 1.35. The Labute approximate surface area is 94.2 Å². The van der Waals surface area contributed by atoms with Crippen LogP contribution in [0.1, 0.15) is 17.5 Å². The standard InChI is InChI=1S/C11H12ClFS/c1-8-10(13)6-5-9(11(8)12)4-2-3-7-14/h2,4-6,14H,3,7H2,1H3. The van der Waals surface area contributed by atoms with E-state index in [2.05, 4.69) is 12.6 Å². The Morgan fingerprint density at radius 3 is 2.86 bits per heavy atom. The van der Waals surface area contributed by atoms with Crippen molar-refractivity contribution in [1.82, 2.24) is 0 Å².